The Balaban J connectivity index is 2.45. The lowest BCUT2D eigenvalue weighted by Gasteiger charge is -2.08. The number of allylic oxidation sites excluding steroid dienone is 1. The van der Waals surface area contributed by atoms with Crippen LogP contribution < -0.4 is 9.47 Å². The van der Waals surface area contributed by atoms with Gasteiger partial charge in [0.1, 0.15) is 11.5 Å². The number of halogens is 1. The summed E-state index contributed by atoms with van der Waals surface area (Å²) in [6.07, 6.45) is 1.78. The van der Waals surface area contributed by atoms with Gasteiger partial charge in [-0.15, -0.1) is 0 Å². The number of nitrogens with zero attached hydrogens (tertiary/aromatic N) is 1. The summed E-state index contributed by atoms with van der Waals surface area (Å²) >= 11 is 5.86. The first kappa shape index (κ1) is 15.0. The van der Waals surface area contributed by atoms with Crippen molar-refractivity contribution in [2.75, 3.05) is 14.2 Å². The zero-order valence-electron chi connectivity index (χ0n) is 11.8. The molecular formula is C17H14ClNO2. The molecule has 4 heteroatoms. The van der Waals surface area contributed by atoms with Crippen molar-refractivity contribution in [1.29, 1.82) is 5.26 Å². The Morgan fingerprint density at radius 2 is 1.81 bits per heavy atom. The number of rotatable bonds is 4. The maximum Gasteiger partial charge on any atom is 0.129 e. The highest BCUT2D eigenvalue weighted by atomic mass is 35.5. The van der Waals surface area contributed by atoms with E-state index < -0.39 is 0 Å². The van der Waals surface area contributed by atoms with E-state index in [9.17, 15) is 5.26 Å². The molecule has 0 fully saturated rings. The number of hydrogen-bond donors (Lipinski definition) is 0. The van der Waals surface area contributed by atoms with Crippen LogP contribution in [-0.4, -0.2) is 14.2 Å². The van der Waals surface area contributed by atoms with Gasteiger partial charge < -0.3 is 9.47 Å². The van der Waals surface area contributed by atoms with E-state index in [2.05, 4.69) is 6.07 Å². The van der Waals surface area contributed by atoms with Crippen LogP contribution in [0.2, 0.25) is 5.02 Å². The molecule has 0 spiro atoms. The second kappa shape index (κ2) is 6.83. The van der Waals surface area contributed by atoms with E-state index >= 15 is 0 Å². The van der Waals surface area contributed by atoms with Crippen molar-refractivity contribution >= 4 is 23.3 Å². The van der Waals surface area contributed by atoms with Gasteiger partial charge in [0.05, 0.1) is 25.9 Å². The monoisotopic (exact) mass is 299 g/mol. The predicted molar refractivity (Wildman–Crippen MR) is 84.5 cm³/mol. The summed E-state index contributed by atoms with van der Waals surface area (Å²) in [5.41, 5.74) is 2.15. The second-order valence-corrected chi connectivity index (χ2v) is 4.72. The van der Waals surface area contributed by atoms with Crippen molar-refractivity contribution in [3.05, 3.63) is 58.6 Å². The van der Waals surface area contributed by atoms with E-state index in [0.29, 0.717) is 22.1 Å². The summed E-state index contributed by atoms with van der Waals surface area (Å²) in [7, 11) is 3.18. The summed E-state index contributed by atoms with van der Waals surface area (Å²) < 4.78 is 10.5. The molecule has 0 amide bonds. The van der Waals surface area contributed by atoms with Gasteiger partial charge in [0.15, 0.2) is 0 Å². The Hall–Kier alpha value is -2.44. The lowest BCUT2D eigenvalue weighted by molar-refractivity contribution is 0.394. The van der Waals surface area contributed by atoms with Crippen molar-refractivity contribution < 1.29 is 9.47 Å². The number of ether oxygens (including phenoxy) is 2. The quantitative estimate of drug-likeness (QED) is 0.620. The highest BCUT2D eigenvalue weighted by Gasteiger charge is 2.06. The smallest absolute Gasteiger partial charge is 0.129 e. The normalized spacial score (nSPS) is 10.9. The summed E-state index contributed by atoms with van der Waals surface area (Å²) in [6.45, 7) is 0. The average molecular weight is 300 g/mol. The Morgan fingerprint density at radius 3 is 2.38 bits per heavy atom. The van der Waals surface area contributed by atoms with Crippen molar-refractivity contribution in [3.8, 4) is 17.6 Å². The van der Waals surface area contributed by atoms with E-state index in [-0.39, 0.29) is 0 Å². The van der Waals surface area contributed by atoms with Crippen LogP contribution in [0.1, 0.15) is 11.1 Å². The third-order valence-corrected chi connectivity index (χ3v) is 3.27. The fourth-order valence-corrected chi connectivity index (χ4v) is 2.03. The van der Waals surface area contributed by atoms with Crippen LogP contribution >= 0.6 is 11.6 Å². The van der Waals surface area contributed by atoms with Gasteiger partial charge in [-0.25, -0.2) is 0 Å². The molecule has 0 saturated carbocycles. The minimum atomic E-state index is 0.537. The Morgan fingerprint density at radius 1 is 1.10 bits per heavy atom. The minimum absolute atomic E-state index is 0.537. The Labute approximate surface area is 129 Å². The van der Waals surface area contributed by atoms with Crippen molar-refractivity contribution in [2.45, 2.75) is 0 Å². The molecule has 106 valence electrons. The number of methoxy groups -OCH3 is 2. The van der Waals surface area contributed by atoms with Gasteiger partial charge in [-0.3, -0.25) is 0 Å². The SMILES string of the molecule is COc1ccc(C=C(C#N)c2ccc(Cl)cc2)c(OC)c1. The van der Waals surface area contributed by atoms with Gasteiger partial charge in [-0.1, -0.05) is 23.7 Å². The Kier molecular flexibility index (Phi) is 4.86. The van der Waals surface area contributed by atoms with E-state index in [1.165, 1.54) is 0 Å². The standard InChI is InChI=1S/C17H14ClNO2/c1-20-16-8-5-13(17(10-16)21-2)9-14(11-19)12-3-6-15(18)7-4-12/h3-10H,1-2H3. The summed E-state index contributed by atoms with van der Waals surface area (Å²) in [4.78, 5) is 0. The number of benzene rings is 2. The molecule has 2 aromatic carbocycles. The third-order valence-electron chi connectivity index (χ3n) is 3.02. The predicted octanol–water partition coefficient (Wildman–Crippen LogP) is 4.42. The molecule has 0 radical (unpaired) electrons. The Bertz CT molecular complexity index is 700. The lowest BCUT2D eigenvalue weighted by Crippen LogP contribution is -1.90. The van der Waals surface area contributed by atoms with Gasteiger partial charge in [0, 0.05) is 16.7 Å². The van der Waals surface area contributed by atoms with Crippen molar-refractivity contribution in [3.63, 3.8) is 0 Å². The van der Waals surface area contributed by atoms with Crippen LogP contribution in [0.25, 0.3) is 11.6 Å². The fraction of sp³-hybridized carbons (Fsp3) is 0.118. The zero-order chi connectivity index (χ0) is 15.2. The van der Waals surface area contributed by atoms with Crippen LogP contribution in [0.4, 0.5) is 0 Å². The molecule has 0 N–H and O–H groups in total. The van der Waals surface area contributed by atoms with Crippen LogP contribution in [0.15, 0.2) is 42.5 Å². The molecule has 0 unspecified atom stereocenters. The first-order chi connectivity index (χ1) is 10.2. The second-order valence-electron chi connectivity index (χ2n) is 4.28. The number of hydrogen-bond acceptors (Lipinski definition) is 3. The highest BCUT2D eigenvalue weighted by molar-refractivity contribution is 6.30. The summed E-state index contributed by atoms with van der Waals surface area (Å²) in [5, 5.41) is 9.99. The van der Waals surface area contributed by atoms with E-state index in [1.807, 2.05) is 24.3 Å². The van der Waals surface area contributed by atoms with Gasteiger partial charge in [-0.2, -0.15) is 5.26 Å². The molecule has 0 heterocycles. The van der Waals surface area contributed by atoms with Gasteiger partial charge in [0.2, 0.25) is 0 Å². The highest BCUT2D eigenvalue weighted by Crippen LogP contribution is 2.28. The van der Waals surface area contributed by atoms with Gasteiger partial charge in [0.25, 0.3) is 0 Å². The van der Waals surface area contributed by atoms with Crippen LogP contribution in [0, 0.1) is 11.3 Å². The summed E-state index contributed by atoms with van der Waals surface area (Å²) in [6, 6.07) is 14.8. The molecule has 3 nitrogen and oxygen atoms in total. The molecule has 0 atom stereocenters. The third kappa shape index (κ3) is 3.56. The van der Waals surface area contributed by atoms with Crippen LogP contribution in [0.5, 0.6) is 11.5 Å². The molecule has 0 aromatic heterocycles. The first-order valence-corrected chi connectivity index (χ1v) is 6.65. The largest absolute Gasteiger partial charge is 0.497 e. The van der Waals surface area contributed by atoms with Crippen molar-refractivity contribution in [1.82, 2.24) is 0 Å². The van der Waals surface area contributed by atoms with Gasteiger partial charge in [-0.05, 0) is 35.9 Å². The molecule has 0 aliphatic rings. The van der Waals surface area contributed by atoms with E-state index in [4.69, 9.17) is 21.1 Å². The summed E-state index contributed by atoms with van der Waals surface area (Å²) in [5.74, 6) is 1.35. The van der Waals surface area contributed by atoms with Crippen LogP contribution in [0.3, 0.4) is 0 Å². The molecule has 2 rings (SSSR count). The molecule has 0 aliphatic heterocycles. The topological polar surface area (TPSA) is 42.2 Å². The van der Waals surface area contributed by atoms with Gasteiger partial charge >= 0.3 is 0 Å². The zero-order valence-corrected chi connectivity index (χ0v) is 12.5. The maximum absolute atomic E-state index is 9.36. The molecular weight excluding hydrogens is 286 g/mol. The average Bonchev–Trinajstić information content (AvgIpc) is 2.53. The molecule has 2 aromatic rings. The van der Waals surface area contributed by atoms with E-state index in [0.717, 1.165) is 11.1 Å². The fourth-order valence-electron chi connectivity index (χ4n) is 1.90. The molecule has 0 saturated heterocycles. The van der Waals surface area contributed by atoms with Crippen LogP contribution in [-0.2, 0) is 0 Å². The molecule has 21 heavy (non-hydrogen) atoms. The van der Waals surface area contributed by atoms with Crippen molar-refractivity contribution in [2.24, 2.45) is 0 Å². The van der Waals surface area contributed by atoms with E-state index in [1.54, 1.807) is 38.5 Å². The first-order valence-electron chi connectivity index (χ1n) is 6.27. The molecule has 0 bridgehead atoms. The number of nitriles is 1. The lowest BCUT2D eigenvalue weighted by atomic mass is 10.0. The minimum Gasteiger partial charge on any atom is -0.497 e. The maximum atomic E-state index is 9.36. The molecule has 0 aliphatic carbocycles.